The molecule has 0 bridgehead atoms. The van der Waals surface area contributed by atoms with Crippen molar-refractivity contribution in [2.24, 2.45) is 5.41 Å². The van der Waals surface area contributed by atoms with Crippen LogP contribution in [0.5, 0.6) is 0 Å². The van der Waals surface area contributed by atoms with Gasteiger partial charge >= 0.3 is 6.03 Å². The summed E-state index contributed by atoms with van der Waals surface area (Å²) < 4.78 is 0. The van der Waals surface area contributed by atoms with Gasteiger partial charge in [-0.25, -0.2) is 4.79 Å². The molecule has 1 aromatic heterocycles. The van der Waals surface area contributed by atoms with Gasteiger partial charge in [-0.15, -0.1) is 10.2 Å². The predicted molar refractivity (Wildman–Crippen MR) is 91.5 cm³/mol. The highest BCUT2D eigenvalue weighted by molar-refractivity contribution is 7.15. The summed E-state index contributed by atoms with van der Waals surface area (Å²) in [5.74, 6) is 0. The van der Waals surface area contributed by atoms with Crippen molar-refractivity contribution in [3.05, 3.63) is 40.9 Å². The number of aliphatic hydroxyl groups is 1. The number of aromatic nitrogens is 2. The second-order valence-electron chi connectivity index (χ2n) is 5.94. The second kappa shape index (κ2) is 7.52. The van der Waals surface area contributed by atoms with Crippen molar-refractivity contribution >= 4 is 22.5 Å². The summed E-state index contributed by atoms with van der Waals surface area (Å²) in [6.07, 6.45) is 0.783. The van der Waals surface area contributed by atoms with E-state index in [0.29, 0.717) is 5.13 Å². The number of rotatable bonds is 6. The number of hydrogen-bond donors (Lipinski definition) is 3. The van der Waals surface area contributed by atoms with Gasteiger partial charge in [-0.2, -0.15) is 0 Å². The van der Waals surface area contributed by atoms with Crippen LogP contribution in [0.15, 0.2) is 30.3 Å². The van der Waals surface area contributed by atoms with Crippen LogP contribution in [0.3, 0.4) is 0 Å². The number of nitrogens with zero attached hydrogens (tertiary/aromatic N) is 2. The highest BCUT2D eigenvalue weighted by Gasteiger charge is 2.31. The van der Waals surface area contributed by atoms with E-state index in [2.05, 4.69) is 20.8 Å². The van der Waals surface area contributed by atoms with Crippen LogP contribution < -0.4 is 10.6 Å². The molecule has 1 atom stereocenters. The molecule has 0 aliphatic carbocycles. The third kappa shape index (κ3) is 4.49. The molecule has 0 spiro atoms. The molecule has 2 amide bonds. The first-order valence-corrected chi connectivity index (χ1v) is 8.33. The van der Waals surface area contributed by atoms with Crippen LogP contribution in [0.4, 0.5) is 9.93 Å². The van der Waals surface area contributed by atoms with E-state index in [1.807, 2.05) is 51.1 Å². The molecule has 0 saturated heterocycles. The maximum absolute atomic E-state index is 12.3. The van der Waals surface area contributed by atoms with Gasteiger partial charge in [0.05, 0.1) is 12.6 Å². The number of aryl methyl sites for hydroxylation is 1. The number of carbonyl (C=O) groups is 1. The lowest BCUT2D eigenvalue weighted by Crippen LogP contribution is -2.41. The Hall–Kier alpha value is -1.99. The number of carbonyl (C=O) groups excluding carboxylic acids is 1. The Kier molecular flexibility index (Phi) is 5.68. The zero-order valence-electron chi connectivity index (χ0n) is 13.5. The van der Waals surface area contributed by atoms with E-state index in [1.165, 1.54) is 11.3 Å². The molecule has 2 rings (SSSR count). The average Bonchev–Trinajstić information content (AvgIpc) is 3.01. The Morgan fingerprint density at radius 2 is 2.00 bits per heavy atom. The van der Waals surface area contributed by atoms with Crippen molar-refractivity contribution in [2.45, 2.75) is 33.2 Å². The Morgan fingerprint density at radius 3 is 2.57 bits per heavy atom. The average molecular weight is 334 g/mol. The van der Waals surface area contributed by atoms with Crippen LogP contribution in [0, 0.1) is 5.41 Å². The summed E-state index contributed by atoms with van der Waals surface area (Å²) in [7, 11) is 0. The summed E-state index contributed by atoms with van der Waals surface area (Å²) in [6.45, 7) is 5.75. The quantitative estimate of drug-likeness (QED) is 0.758. The number of anilines is 1. The number of benzene rings is 1. The third-order valence-corrected chi connectivity index (χ3v) is 4.57. The van der Waals surface area contributed by atoms with Crippen LogP contribution in [0.2, 0.25) is 0 Å². The molecule has 0 fully saturated rings. The van der Waals surface area contributed by atoms with Gasteiger partial charge in [-0.05, 0) is 12.0 Å². The second-order valence-corrected chi connectivity index (χ2v) is 7.01. The summed E-state index contributed by atoms with van der Waals surface area (Å²) in [6, 6.07) is 8.92. The first kappa shape index (κ1) is 17.4. The summed E-state index contributed by atoms with van der Waals surface area (Å²) in [5.41, 5.74) is 0.433. The number of aliphatic hydroxyl groups excluding tert-OH is 1. The molecule has 23 heavy (non-hydrogen) atoms. The van der Waals surface area contributed by atoms with E-state index in [4.69, 9.17) is 0 Å². The summed E-state index contributed by atoms with van der Waals surface area (Å²) in [5, 5.41) is 24.6. The molecule has 3 N–H and O–H groups in total. The van der Waals surface area contributed by atoms with Crippen LogP contribution in [0.25, 0.3) is 0 Å². The minimum Gasteiger partial charge on any atom is -0.396 e. The number of hydrogen-bond acceptors (Lipinski definition) is 5. The molecular formula is C16H22N4O2S. The van der Waals surface area contributed by atoms with Gasteiger partial charge in [0.25, 0.3) is 0 Å². The molecule has 0 unspecified atom stereocenters. The van der Waals surface area contributed by atoms with Gasteiger partial charge < -0.3 is 10.4 Å². The van der Waals surface area contributed by atoms with Gasteiger partial charge in [0, 0.05) is 5.41 Å². The highest BCUT2D eigenvalue weighted by atomic mass is 32.1. The van der Waals surface area contributed by atoms with Gasteiger partial charge in [0.15, 0.2) is 0 Å². The summed E-state index contributed by atoms with van der Waals surface area (Å²) >= 11 is 1.35. The zero-order chi connectivity index (χ0) is 16.9. The number of nitrogens with one attached hydrogen (secondary N) is 2. The van der Waals surface area contributed by atoms with Gasteiger partial charge in [-0.3, -0.25) is 5.32 Å². The molecule has 0 aliphatic rings. The first-order valence-electron chi connectivity index (χ1n) is 7.52. The Labute approximate surface area is 140 Å². The normalized spacial score (nSPS) is 12.7. The molecule has 7 heteroatoms. The molecule has 2 aromatic rings. The van der Waals surface area contributed by atoms with Gasteiger partial charge in [-0.1, -0.05) is 62.4 Å². The van der Waals surface area contributed by atoms with Crippen LogP contribution in [-0.2, 0) is 6.42 Å². The topological polar surface area (TPSA) is 87.1 Å². The van der Waals surface area contributed by atoms with Crippen molar-refractivity contribution in [1.82, 2.24) is 15.5 Å². The number of urea groups is 1. The van der Waals surface area contributed by atoms with Crippen molar-refractivity contribution in [3.63, 3.8) is 0 Å². The Bertz CT molecular complexity index is 643. The Balaban J connectivity index is 2.12. The minimum atomic E-state index is -0.506. The highest BCUT2D eigenvalue weighted by Crippen LogP contribution is 2.32. The Morgan fingerprint density at radius 1 is 1.30 bits per heavy atom. The van der Waals surface area contributed by atoms with Crippen LogP contribution in [0.1, 0.15) is 37.4 Å². The monoisotopic (exact) mass is 334 g/mol. The largest absolute Gasteiger partial charge is 0.396 e. The van der Waals surface area contributed by atoms with E-state index in [1.54, 1.807) is 0 Å². The number of amides is 2. The molecule has 0 radical (unpaired) electrons. The van der Waals surface area contributed by atoms with E-state index in [0.717, 1.165) is 17.0 Å². The maximum atomic E-state index is 12.3. The van der Waals surface area contributed by atoms with Crippen molar-refractivity contribution in [2.75, 3.05) is 11.9 Å². The van der Waals surface area contributed by atoms with Crippen molar-refractivity contribution in [3.8, 4) is 0 Å². The molecule has 1 heterocycles. The first-order chi connectivity index (χ1) is 11.0. The maximum Gasteiger partial charge on any atom is 0.321 e. The fourth-order valence-corrected chi connectivity index (χ4v) is 2.85. The van der Waals surface area contributed by atoms with Crippen molar-refractivity contribution < 1.29 is 9.90 Å². The lowest BCUT2D eigenvalue weighted by Gasteiger charge is -2.33. The van der Waals surface area contributed by atoms with E-state index >= 15 is 0 Å². The predicted octanol–water partition coefficient (Wildman–Crippen LogP) is 2.98. The molecule has 124 valence electrons. The van der Waals surface area contributed by atoms with Gasteiger partial charge in [0.2, 0.25) is 5.13 Å². The SMILES string of the molecule is CCc1nnc(NC(=O)N[C@H](c2ccccc2)C(C)(C)CO)s1. The van der Waals surface area contributed by atoms with Crippen LogP contribution >= 0.6 is 11.3 Å². The molecular weight excluding hydrogens is 312 g/mol. The van der Waals surface area contributed by atoms with Crippen molar-refractivity contribution in [1.29, 1.82) is 0 Å². The molecule has 0 aliphatic heterocycles. The molecule has 1 aromatic carbocycles. The van der Waals surface area contributed by atoms with Crippen LogP contribution in [-0.4, -0.2) is 27.9 Å². The van der Waals surface area contributed by atoms with E-state index in [9.17, 15) is 9.90 Å². The fourth-order valence-electron chi connectivity index (χ4n) is 2.18. The van der Waals surface area contributed by atoms with E-state index < -0.39 is 5.41 Å². The third-order valence-electron chi connectivity index (χ3n) is 3.59. The zero-order valence-corrected chi connectivity index (χ0v) is 14.4. The molecule has 6 nitrogen and oxygen atoms in total. The smallest absolute Gasteiger partial charge is 0.321 e. The minimum absolute atomic E-state index is 0.0500. The lowest BCUT2D eigenvalue weighted by atomic mass is 9.81. The molecule has 0 saturated carbocycles. The van der Waals surface area contributed by atoms with Gasteiger partial charge in [0.1, 0.15) is 5.01 Å². The van der Waals surface area contributed by atoms with E-state index in [-0.39, 0.29) is 18.7 Å². The lowest BCUT2D eigenvalue weighted by molar-refractivity contribution is 0.119. The summed E-state index contributed by atoms with van der Waals surface area (Å²) in [4.78, 5) is 12.3. The standard InChI is InChI=1S/C16H22N4O2S/c1-4-12-19-20-15(23-12)18-14(22)17-13(16(2,3)10-21)11-8-6-5-7-9-11/h5-9,13,21H,4,10H2,1-3H3,(H2,17,18,20,22)/t13-/m1/s1. The fraction of sp³-hybridized carbons (Fsp3) is 0.438.